The van der Waals surface area contributed by atoms with Gasteiger partial charge in [0.05, 0.1) is 6.61 Å². The van der Waals surface area contributed by atoms with E-state index in [0.717, 1.165) is 18.7 Å². The van der Waals surface area contributed by atoms with Gasteiger partial charge in [-0.1, -0.05) is 6.07 Å². The van der Waals surface area contributed by atoms with Crippen molar-refractivity contribution in [1.29, 1.82) is 0 Å². The van der Waals surface area contributed by atoms with Gasteiger partial charge in [-0.2, -0.15) is 0 Å². The molecule has 5 nitrogen and oxygen atoms in total. The van der Waals surface area contributed by atoms with Gasteiger partial charge in [0.25, 0.3) is 0 Å². The van der Waals surface area contributed by atoms with Crippen molar-refractivity contribution in [2.75, 3.05) is 31.2 Å². The van der Waals surface area contributed by atoms with E-state index in [1.54, 1.807) is 12.1 Å². The topological polar surface area (TPSA) is 78.6 Å². The Bertz CT molecular complexity index is 409. The lowest BCUT2D eigenvalue weighted by atomic mass is 10.2. The number of hydrogen-bond donors (Lipinski definition) is 3. The molecule has 0 aliphatic heterocycles. The highest BCUT2D eigenvalue weighted by Gasteiger charge is 2.08. The van der Waals surface area contributed by atoms with Crippen LogP contribution in [-0.2, 0) is 4.79 Å². The van der Waals surface area contributed by atoms with E-state index in [1.165, 1.54) is 0 Å². The lowest BCUT2D eigenvalue weighted by molar-refractivity contribution is -0.116. The summed E-state index contributed by atoms with van der Waals surface area (Å²) in [5.41, 5.74) is 7.00. The van der Waals surface area contributed by atoms with E-state index in [2.05, 4.69) is 5.32 Å². The van der Waals surface area contributed by atoms with Crippen LogP contribution >= 0.6 is 0 Å². The van der Waals surface area contributed by atoms with Gasteiger partial charge >= 0.3 is 0 Å². The number of hydrogen-bond acceptors (Lipinski definition) is 4. The van der Waals surface area contributed by atoms with Crippen molar-refractivity contribution in [2.24, 2.45) is 0 Å². The van der Waals surface area contributed by atoms with Gasteiger partial charge in [0, 0.05) is 23.8 Å². The number of nitrogens with two attached hydrogens (primary N) is 1. The van der Waals surface area contributed by atoms with Crippen LogP contribution < -0.4 is 11.1 Å². The van der Waals surface area contributed by atoms with E-state index in [0.29, 0.717) is 12.1 Å². The fraction of sp³-hybridized carbons (Fsp3) is 0.500. The minimum absolute atomic E-state index is 0.0179. The SMILES string of the molecule is CC(CO)N(C)CCCC(=O)Nc1cccc(N)c1. The van der Waals surface area contributed by atoms with Crippen molar-refractivity contribution < 1.29 is 9.90 Å². The summed E-state index contributed by atoms with van der Waals surface area (Å²) in [5, 5.41) is 11.8. The number of likely N-dealkylation sites (N-methyl/N-ethyl adjacent to an activating group) is 1. The molecule has 1 unspecified atom stereocenters. The number of nitrogen functional groups attached to an aromatic ring is 1. The first-order valence-electron chi connectivity index (χ1n) is 6.49. The van der Waals surface area contributed by atoms with Gasteiger partial charge in [-0.15, -0.1) is 0 Å². The number of nitrogens with zero attached hydrogens (tertiary/aromatic N) is 1. The zero-order valence-corrected chi connectivity index (χ0v) is 11.6. The van der Waals surface area contributed by atoms with Crippen molar-refractivity contribution in [3.05, 3.63) is 24.3 Å². The summed E-state index contributed by atoms with van der Waals surface area (Å²) in [6.07, 6.45) is 1.21. The highest BCUT2D eigenvalue weighted by Crippen LogP contribution is 2.12. The smallest absolute Gasteiger partial charge is 0.224 e. The van der Waals surface area contributed by atoms with Crippen LogP contribution in [0.15, 0.2) is 24.3 Å². The summed E-state index contributed by atoms with van der Waals surface area (Å²) in [4.78, 5) is 13.8. The molecule has 1 rings (SSSR count). The highest BCUT2D eigenvalue weighted by atomic mass is 16.3. The predicted octanol–water partition coefficient (Wildman–Crippen LogP) is 1.30. The van der Waals surface area contributed by atoms with Crippen molar-refractivity contribution in [3.63, 3.8) is 0 Å². The van der Waals surface area contributed by atoms with Crippen LogP contribution in [0.25, 0.3) is 0 Å². The van der Waals surface area contributed by atoms with Gasteiger partial charge in [0.15, 0.2) is 0 Å². The Morgan fingerprint density at radius 1 is 1.53 bits per heavy atom. The minimum Gasteiger partial charge on any atom is -0.399 e. The number of carbonyl (C=O) groups is 1. The monoisotopic (exact) mass is 265 g/mol. The normalized spacial score (nSPS) is 12.4. The number of amides is 1. The number of benzene rings is 1. The lowest BCUT2D eigenvalue weighted by Gasteiger charge is -2.22. The number of anilines is 2. The number of aliphatic hydroxyl groups is 1. The van der Waals surface area contributed by atoms with E-state index >= 15 is 0 Å². The van der Waals surface area contributed by atoms with E-state index in [4.69, 9.17) is 10.8 Å². The molecule has 0 saturated heterocycles. The molecule has 5 heteroatoms. The molecule has 0 heterocycles. The Labute approximate surface area is 114 Å². The zero-order chi connectivity index (χ0) is 14.3. The third-order valence-electron chi connectivity index (χ3n) is 3.10. The summed E-state index contributed by atoms with van der Waals surface area (Å²) >= 11 is 0. The third kappa shape index (κ3) is 5.72. The molecule has 0 spiro atoms. The maximum Gasteiger partial charge on any atom is 0.224 e. The molecular formula is C14H23N3O2. The Balaban J connectivity index is 2.29. The zero-order valence-electron chi connectivity index (χ0n) is 11.6. The Morgan fingerprint density at radius 3 is 2.89 bits per heavy atom. The van der Waals surface area contributed by atoms with Gasteiger partial charge in [-0.25, -0.2) is 0 Å². The maximum absolute atomic E-state index is 11.7. The number of nitrogens with one attached hydrogen (secondary N) is 1. The second kappa shape index (κ2) is 7.76. The molecule has 1 aromatic carbocycles. The Morgan fingerprint density at radius 2 is 2.26 bits per heavy atom. The summed E-state index contributed by atoms with van der Waals surface area (Å²) in [7, 11) is 1.94. The quantitative estimate of drug-likeness (QED) is 0.649. The maximum atomic E-state index is 11.7. The van der Waals surface area contributed by atoms with Crippen LogP contribution in [0, 0.1) is 0 Å². The van der Waals surface area contributed by atoms with Gasteiger partial charge in [-0.05, 0) is 45.1 Å². The van der Waals surface area contributed by atoms with Crippen molar-refractivity contribution in [1.82, 2.24) is 4.90 Å². The molecule has 0 saturated carbocycles. The molecule has 0 aromatic heterocycles. The third-order valence-corrected chi connectivity index (χ3v) is 3.10. The van der Waals surface area contributed by atoms with Gasteiger partial charge < -0.3 is 21.1 Å². The summed E-state index contributed by atoms with van der Waals surface area (Å²) < 4.78 is 0. The van der Waals surface area contributed by atoms with E-state index < -0.39 is 0 Å². The summed E-state index contributed by atoms with van der Waals surface area (Å²) in [5.74, 6) is -0.0179. The van der Waals surface area contributed by atoms with E-state index in [-0.39, 0.29) is 18.6 Å². The van der Waals surface area contributed by atoms with Crippen molar-refractivity contribution >= 4 is 17.3 Å². The first kappa shape index (κ1) is 15.5. The number of aliphatic hydroxyl groups excluding tert-OH is 1. The van der Waals surface area contributed by atoms with Crippen LogP contribution in [0.4, 0.5) is 11.4 Å². The average molecular weight is 265 g/mol. The molecular weight excluding hydrogens is 242 g/mol. The molecule has 0 aliphatic rings. The Kier molecular flexibility index (Phi) is 6.32. The standard InChI is InChI=1S/C14H23N3O2/c1-11(10-18)17(2)8-4-7-14(19)16-13-6-3-5-12(15)9-13/h3,5-6,9,11,18H,4,7-8,10,15H2,1-2H3,(H,16,19). The predicted molar refractivity (Wildman–Crippen MR) is 77.9 cm³/mol. The first-order valence-corrected chi connectivity index (χ1v) is 6.49. The second-order valence-corrected chi connectivity index (χ2v) is 4.79. The first-order chi connectivity index (χ1) is 9.02. The average Bonchev–Trinajstić information content (AvgIpc) is 2.37. The Hall–Kier alpha value is -1.59. The summed E-state index contributed by atoms with van der Waals surface area (Å²) in [6, 6.07) is 7.26. The van der Waals surface area contributed by atoms with Crippen LogP contribution in [-0.4, -0.2) is 42.2 Å². The fourth-order valence-electron chi connectivity index (χ4n) is 1.69. The van der Waals surface area contributed by atoms with Crippen LogP contribution in [0.5, 0.6) is 0 Å². The van der Waals surface area contributed by atoms with Crippen LogP contribution in [0.3, 0.4) is 0 Å². The molecule has 1 aromatic rings. The fourth-order valence-corrected chi connectivity index (χ4v) is 1.69. The van der Waals surface area contributed by atoms with Gasteiger partial charge in [-0.3, -0.25) is 4.79 Å². The van der Waals surface area contributed by atoms with Crippen LogP contribution in [0.2, 0.25) is 0 Å². The lowest BCUT2D eigenvalue weighted by Crippen LogP contribution is -2.33. The van der Waals surface area contributed by atoms with Crippen molar-refractivity contribution in [2.45, 2.75) is 25.8 Å². The second-order valence-electron chi connectivity index (χ2n) is 4.79. The van der Waals surface area contributed by atoms with Crippen molar-refractivity contribution in [3.8, 4) is 0 Å². The molecule has 4 N–H and O–H groups in total. The molecule has 0 bridgehead atoms. The minimum atomic E-state index is -0.0179. The van der Waals surface area contributed by atoms with E-state index in [9.17, 15) is 4.79 Å². The number of rotatable bonds is 7. The molecule has 0 aliphatic carbocycles. The molecule has 1 atom stereocenters. The molecule has 0 fully saturated rings. The molecule has 0 radical (unpaired) electrons. The number of carbonyl (C=O) groups excluding carboxylic acids is 1. The largest absolute Gasteiger partial charge is 0.399 e. The van der Waals surface area contributed by atoms with Gasteiger partial charge in [0.2, 0.25) is 5.91 Å². The molecule has 19 heavy (non-hydrogen) atoms. The molecule has 106 valence electrons. The van der Waals surface area contributed by atoms with Crippen LogP contribution in [0.1, 0.15) is 19.8 Å². The van der Waals surface area contributed by atoms with Gasteiger partial charge in [0.1, 0.15) is 0 Å². The van der Waals surface area contributed by atoms with E-state index in [1.807, 2.05) is 31.0 Å². The highest BCUT2D eigenvalue weighted by molar-refractivity contribution is 5.91. The molecule has 1 amide bonds. The summed E-state index contributed by atoms with van der Waals surface area (Å²) in [6.45, 7) is 2.87.